The second kappa shape index (κ2) is 46.9. The van der Waals surface area contributed by atoms with Crippen LogP contribution in [0.25, 0.3) is 0 Å². The van der Waals surface area contributed by atoms with Gasteiger partial charge < -0.3 is 45.1 Å². The van der Waals surface area contributed by atoms with Gasteiger partial charge in [0.1, 0.15) is 24.4 Å². The molecule has 1 aliphatic rings. The number of carbonyl (C=O) groups excluding carboxylic acids is 2. The maximum atomic E-state index is 13.3. The summed E-state index contributed by atoms with van der Waals surface area (Å²) in [5.41, 5.74) is 0. The van der Waals surface area contributed by atoms with Crippen LogP contribution in [-0.4, -0.2) is 99.6 Å². The van der Waals surface area contributed by atoms with Crippen LogP contribution in [0.5, 0.6) is 0 Å². The Morgan fingerprint density at radius 3 is 1.56 bits per heavy atom. The van der Waals surface area contributed by atoms with E-state index in [-0.39, 0.29) is 19.4 Å². The van der Waals surface area contributed by atoms with E-state index in [2.05, 4.69) is 86.8 Å². The molecule has 11 nitrogen and oxygen atoms in total. The van der Waals surface area contributed by atoms with Gasteiger partial charge in [-0.15, -0.1) is 0 Å². The number of rotatable bonds is 45. The van der Waals surface area contributed by atoms with Crippen molar-refractivity contribution in [3.05, 3.63) is 85.1 Å². The molecular weight excluding hydrogens is 883 g/mol. The van der Waals surface area contributed by atoms with E-state index in [1.807, 2.05) is 18.2 Å². The molecule has 402 valence electrons. The van der Waals surface area contributed by atoms with E-state index in [1.165, 1.54) is 83.5 Å². The summed E-state index contributed by atoms with van der Waals surface area (Å²) in [4.78, 5) is 26.4. The number of carbonyl (C=O) groups is 2. The summed E-state index contributed by atoms with van der Waals surface area (Å²) in [6.45, 7) is 5.59. The number of aliphatic hydroxyl groups is 5. The molecule has 6 N–H and O–H groups in total. The van der Waals surface area contributed by atoms with E-state index in [4.69, 9.17) is 14.2 Å². The molecule has 70 heavy (non-hydrogen) atoms. The topological polar surface area (TPSA) is 175 Å². The van der Waals surface area contributed by atoms with E-state index >= 15 is 0 Å². The number of allylic oxidation sites excluding steroid dienone is 13. The molecule has 8 unspecified atom stereocenters. The quantitative estimate of drug-likeness (QED) is 0.0196. The smallest absolute Gasteiger partial charge is 0.306 e. The molecule has 0 bridgehead atoms. The maximum Gasteiger partial charge on any atom is 0.306 e. The lowest BCUT2D eigenvalue weighted by Gasteiger charge is -2.41. The van der Waals surface area contributed by atoms with Gasteiger partial charge in [0.15, 0.2) is 12.4 Å². The molecule has 1 saturated heterocycles. The molecule has 1 rings (SSSR count). The van der Waals surface area contributed by atoms with Crippen molar-refractivity contribution in [3.63, 3.8) is 0 Å². The molecule has 0 spiro atoms. The van der Waals surface area contributed by atoms with Gasteiger partial charge in [0.05, 0.1) is 25.4 Å². The van der Waals surface area contributed by atoms with Crippen LogP contribution in [0.3, 0.4) is 0 Å². The summed E-state index contributed by atoms with van der Waals surface area (Å²) in [5.74, 6) is -1.28. The minimum Gasteiger partial charge on any atom is -0.454 e. The molecule has 0 aliphatic carbocycles. The van der Waals surface area contributed by atoms with E-state index in [0.29, 0.717) is 19.3 Å². The highest BCUT2D eigenvalue weighted by molar-refractivity contribution is 5.80. The molecule has 0 radical (unpaired) electrons. The maximum absolute atomic E-state index is 13.3. The van der Waals surface area contributed by atoms with Gasteiger partial charge in [-0.2, -0.15) is 0 Å². The van der Waals surface area contributed by atoms with Gasteiger partial charge >= 0.3 is 5.97 Å². The molecule has 1 fully saturated rings. The molecule has 0 aromatic rings. The third-order valence-electron chi connectivity index (χ3n) is 12.5. The van der Waals surface area contributed by atoms with Crippen molar-refractivity contribution >= 4 is 11.9 Å². The number of unbranched alkanes of at least 4 members (excludes halogenated alkanes) is 19. The van der Waals surface area contributed by atoms with Crippen LogP contribution in [0.15, 0.2) is 85.1 Å². The van der Waals surface area contributed by atoms with Crippen LogP contribution in [0.4, 0.5) is 0 Å². The SMILES string of the molecule is CC/C=C\C/C=C\C/C=C\C/C=C\C/C=C\CCCC(=O)OC1C(OCC(NC(=O)C(O)CCCC/C=C\CCCCCCCC)C(O)/C=C/CCCCCCCCCCCC)OC(CO)C(O)C1O. The number of nitrogens with one attached hydrogen (secondary N) is 1. The predicted octanol–water partition coefficient (Wildman–Crippen LogP) is 12.2. The Morgan fingerprint density at radius 1 is 0.571 bits per heavy atom. The van der Waals surface area contributed by atoms with Gasteiger partial charge in [-0.25, -0.2) is 0 Å². The lowest BCUT2D eigenvalue weighted by atomic mass is 9.99. The van der Waals surface area contributed by atoms with E-state index in [1.54, 1.807) is 6.08 Å². The summed E-state index contributed by atoms with van der Waals surface area (Å²) >= 11 is 0. The Bertz CT molecular complexity index is 1460. The van der Waals surface area contributed by atoms with Crippen molar-refractivity contribution in [3.8, 4) is 0 Å². The van der Waals surface area contributed by atoms with Gasteiger partial charge in [-0.1, -0.05) is 202 Å². The normalized spacial score (nSPS) is 20.4. The fourth-order valence-corrected chi connectivity index (χ4v) is 8.09. The molecule has 8 atom stereocenters. The number of esters is 1. The fraction of sp³-hybridized carbons (Fsp3) is 0.729. The number of amides is 1. The average molecular weight is 984 g/mol. The Hall–Kier alpha value is -3.16. The summed E-state index contributed by atoms with van der Waals surface area (Å²) in [6, 6.07) is -1.05. The highest BCUT2D eigenvalue weighted by Gasteiger charge is 2.47. The zero-order chi connectivity index (χ0) is 51.1. The highest BCUT2D eigenvalue weighted by atomic mass is 16.7. The van der Waals surface area contributed by atoms with E-state index in [9.17, 15) is 35.1 Å². The van der Waals surface area contributed by atoms with Crippen LogP contribution >= 0.6 is 0 Å². The molecule has 0 saturated carbocycles. The van der Waals surface area contributed by atoms with Crippen LogP contribution in [-0.2, 0) is 23.8 Å². The second-order valence-corrected chi connectivity index (χ2v) is 18.9. The van der Waals surface area contributed by atoms with Gasteiger partial charge in [-0.05, 0) is 89.9 Å². The van der Waals surface area contributed by atoms with Crippen molar-refractivity contribution in [2.24, 2.45) is 0 Å². The first-order chi connectivity index (χ1) is 34.2. The van der Waals surface area contributed by atoms with Crippen LogP contribution in [0.1, 0.15) is 213 Å². The fourth-order valence-electron chi connectivity index (χ4n) is 8.09. The van der Waals surface area contributed by atoms with E-state index in [0.717, 1.165) is 77.0 Å². The number of hydrogen-bond donors (Lipinski definition) is 6. The zero-order valence-electron chi connectivity index (χ0n) is 44.1. The summed E-state index contributed by atoms with van der Waals surface area (Å²) in [7, 11) is 0. The molecule has 1 aliphatic heterocycles. The van der Waals surface area contributed by atoms with Crippen molar-refractivity contribution in [1.29, 1.82) is 0 Å². The van der Waals surface area contributed by atoms with Crippen molar-refractivity contribution in [2.75, 3.05) is 13.2 Å². The molecule has 1 amide bonds. The lowest BCUT2D eigenvalue weighted by molar-refractivity contribution is -0.305. The van der Waals surface area contributed by atoms with Crippen molar-refractivity contribution in [2.45, 2.75) is 262 Å². The minimum absolute atomic E-state index is 0.0401. The number of aliphatic hydroxyl groups excluding tert-OH is 5. The molecular formula is C59H101NO10. The molecule has 1 heterocycles. The van der Waals surface area contributed by atoms with Gasteiger partial charge in [0.2, 0.25) is 5.91 Å². The standard InChI is InChI=1S/C59H101NO10/c1-4-7-10-13-16-19-22-25-26-27-28-29-32-35-38-41-44-47-54(64)70-57-56(66)55(65)53(48-61)69-59(57)68-49-50(51(62)45-42-39-36-33-30-23-20-17-14-11-8-5-2)60-58(67)52(63)46-43-40-37-34-31-24-21-18-15-12-9-6-3/h7,10,16,19,25-26,28-29,31,34-35,38,42,45,50-53,55-57,59,61-63,65-66H,4-6,8-9,11-15,17-18,20-24,27,30,32-33,36-37,39-41,43-44,46-49H2,1-3H3,(H,60,67)/b10-7-,19-16-,26-25-,29-28-,34-31-,38-35-,45-42+. The molecule has 0 aromatic carbocycles. The third-order valence-corrected chi connectivity index (χ3v) is 12.5. The third kappa shape index (κ3) is 35.0. The Morgan fingerprint density at radius 2 is 1.03 bits per heavy atom. The van der Waals surface area contributed by atoms with E-state index < -0.39 is 67.4 Å². The monoisotopic (exact) mass is 984 g/mol. The predicted molar refractivity (Wildman–Crippen MR) is 287 cm³/mol. The first-order valence-electron chi connectivity index (χ1n) is 27.9. The van der Waals surface area contributed by atoms with Crippen molar-refractivity contribution < 1.29 is 49.3 Å². The van der Waals surface area contributed by atoms with Crippen LogP contribution in [0, 0.1) is 0 Å². The largest absolute Gasteiger partial charge is 0.454 e. The first-order valence-corrected chi connectivity index (χ1v) is 27.9. The van der Waals surface area contributed by atoms with Crippen LogP contribution < -0.4 is 5.32 Å². The second-order valence-electron chi connectivity index (χ2n) is 18.9. The van der Waals surface area contributed by atoms with Gasteiger partial charge in [0, 0.05) is 6.42 Å². The molecule has 0 aromatic heterocycles. The Kier molecular flexibility index (Phi) is 43.4. The summed E-state index contributed by atoms with van der Waals surface area (Å²) < 4.78 is 17.5. The number of ether oxygens (including phenoxy) is 3. The average Bonchev–Trinajstić information content (AvgIpc) is 3.36. The van der Waals surface area contributed by atoms with Crippen molar-refractivity contribution in [1.82, 2.24) is 5.32 Å². The number of hydrogen-bond acceptors (Lipinski definition) is 10. The summed E-state index contributed by atoms with van der Waals surface area (Å²) in [5, 5.41) is 56.7. The summed E-state index contributed by atoms with van der Waals surface area (Å²) in [6.07, 6.45) is 49.2. The van der Waals surface area contributed by atoms with Gasteiger partial charge in [-0.3, -0.25) is 9.59 Å². The van der Waals surface area contributed by atoms with Gasteiger partial charge in [0.25, 0.3) is 0 Å². The highest BCUT2D eigenvalue weighted by Crippen LogP contribution is 2.26. The molecule has 11 heteroatoms. The first kappa shape index (κ1) is 64.9. The minimum atomic E-state index is -1.64. The van der Waals surface area contributed by atoms with Crippen LogP contribution in [0.2, 0.25) is 0 Å². The Balaban J connectivity index is 2.80. The zero-order valence-corrected chi connectivity index (χ0v) is 44.1. The lowest BCUT2D eigenvalue weighted by Crippen LogP contribution is -2.61. The Labute approximate surface area is 425 Å².